The standard InChI is InChI=1S/C15H26N4O4/c1-14(2,3)23-13(21)17-12-18-15(5-7-16-8-6-15)11(20)19(12)9-10-22-4/h16H,5-10H2,1-4H3,(H,17,18,21). The van der Waals surface area contributed by atoms with Crippen LogP contribution >= 0.6 is 0 Å². The molecule has 0 saturated carbocycles. The summed E-state index contributed by atoms with van der Waals surface area (Å²) in [5.41, 5.74) is -1.39. The maximum absolute atomic E-state index is 12.8. The average Bonchev–Trinajstić information content (AvgIpc) is 2.68. The highest BCUT2D eigenvalue weighted by molar-refractivity contribution is 6.11. The zero-order chi connectivity index (χ0) is 17.1. The van der Waals surface area contributed by atoms with Crippen molar-refractivity contribution in [2.45, 2.75) is 44.8 Å². The van der Waals surface area contributed by atoms with Crippen LogP contribution in [0.5, 0.6) is 0 Å². The molecule has 0 bridgehead atoms. The Balaban J connectivity index is 2.15. The summed E-state index contributed by atoms with van der Waals surface area (Å²) in [6, 6.07) is 0. The Bertz CT molecular complexity index is 492. The van der Waals surface area contributed by atoms with Gasteiger partial charge in [-0.15, -0.1) is 0 Å². The molecule has 1 spiro atoms. The third kappa shape index (κ3) is 4.20. The van der Waals surface area contributed by atoms with Crippen LogP contribution in [0.15, 0.2) is 4.99 Å². The number of ether oxygens (including phenoxy) is 2. The van der Waals surface area contributed by atoms with Crippen LogP contribution in [0.4, 0.5) is 4.79 Å². The van der Waals surface area contributed by atoms with E-state index in [9.17, 15) is 9.59 Å². The van der Waals surface area contributed by atoms with Gasteiger partial charge in [-0.3, -0.25) is 15.0 Å². The minimum atomic E-state index is -0.774. The number of hydrogen-bond donors (Lipinski definition) is 2. The third-order valence-corrected chi connectivity index (χ3v) is 3.78. The first kappa shape index (κ1) is 17.7. The molecule has 0 aliphatic carbocycles. The van der Waals surface area contributed by atoms with E-state index < -0.39 is 17.2 Å². The topological polar surface area (TPSA) is 92.3 Å². The number of methoxy groups -OCH3 is 1. The number of amides is 2. The normalized spacial score (nSPS) is 20.6. The lowest BCUT2D eigenvalue weighted by Gasteiger charge is -2.29. The van der Waals surface area contributed by atoms with Crippen LogP contribution < -0.4 is 10.6 Å². The number of carbonyl (C=O) groups is 2. The Morgan fingerprint density at radius 2 is 2.04 bits per heavy atom. The molecular formula is C15H26N4O4. The first-order valence-electron chi connectivity index (χ1n) is 7.89. The van der Waals surface area contributed by atoms with Gasteiger partial charge in [-0.1, -0.05) is 0 Å². The minimum Gasteiger partial charge on any atom is -0.444 e. The fraction of sp³-hybridized carbons (Fsp3) is 0.800. The fourth-order valence-electron chi connectivity index (χ4n) is 2.70. The van der Waals surface area contributed by atoms with Gasteiger partial charge in [0.2, 0.25) is 5.96 Å². The molecule has 1 saturated heterocycles. The van der Waals surface area contributed by atoms with Crippen molar-refractivity contribution >= 4 is 18.0 Å². The number of hydrogen-bond acceptors (Lipinski definition) is 6. The first-order valence-corrected chi connectivity index (χ1v) is 7.89. The number of piperidine rings is 1. The molecule has 2 amide bonds. The minimum absolute atomic E-state index is 0.0814. The van der Waals surface area contributed by atoms with Crippen LogP contribution in [-0.4, -0.2) is 67.4 Å². The summed E-state index contributed by atoms with van der Waals surface area (Å²) in [4.78, 5) is 30.9. The summed E-state index contributed by atoms with van der Waals surface area (Å²) in [7, 11) is 1.57. The van der Waals surface area contributed by atoms with Gasteiger partial charge >= 0.3 is 6.09 Å². The van der Waals surface area contributed by atoms with Crippen molar-refractivity contribution in [2.75, 3.05) is 33.4 Å². The molecule has 130 valence electrons. The van der Waals surface area contributed by atoms with E-state index in [4.69, 9.17) is 9.47 Å². The van der Waals surface area contributed by atoms with E-state index in [-0.39, 0.29) is 11.9 Å². The van der Waals surface area contributed by atoms with Crippen molar-refractivity contribution in [3.63, 3.8) is 0 Å². The van der Waals surface area contributed by atoms with Crippen LogP contribution in [0.1, 0.15) is 33.6 Å². The smallest absolute Gasteiger partial charge is 0.414 e. The molecule has 2 N–H and O–H groups in total. The maximum atomic E-state index is 12.8. The van der Waals surface area contributed by atoms with Gasteiger partial charge in [-0.05, 0) is 46.7 Å². The lowest BCUT2D eigenvalue weighted by molar-refractivity contribution is -0.132. The number of rotatable bonds is 3. The summed E-state index contributed by atoms with van der Waals surface area (Å²) in [6.45, 7) is 7.52. The van der Waals surface area contributed by atoms with Crippen LogP contribution in [0.3, 0.4) is 0 Å². The molecule has 0 aromatic heterocycles. The molecular weight excluding hydrogens is 300 g/mol. The predicted octanol–water partition coefficient (Wildman–Crippen LogP) is 0.478. The molecule has 0 aromatic rings. The predicted molar refractivity (Wildman–Crippen MR) is 85.2 cm³/mol. The van der Waals surface area contributed by atoms with E-state index in [1.54, 1.807) is 27.9 Å². The number of nitrogens with one attached hydrogen (secondary N) is 2. The number of nitrogens with zero attached hydrogens (tertiary/aromatic N) is 2. The summed E-state index contributed by atoms with van der Waals surface area (Å²) in [5, 5.41) is 5.84. The zero-order valence-corrected chi connectivity index (χ0v) is 14.3. The van der Waals surface area contributed by atoms with E-state index in [0.29, 0.717) is 26.0 Å². The Labute approximate surface area is 136 Å². The highest BCUT2D eigenvalue weighted by atomic mass is 16.6. The Kier molecular flexibility index (Phi) is 5.26. The van der Waals surface area contributed by atoms with Gasteiger partial charge in [-0.25, -0.2) is 9.79 Å². The lowest BCUT2D eigenvalue weighted by atomic mass is 9.88. The van der Waals surface area contributed by atoms with E-state index in [1.807, 2.05) is 0 Å². The first-order chi connectivity index (χ1) is 10.8. The molecule has 0 radical (unpaired) electrons. The highest BCUT2D eigenvalue weighted by Crippen LogP contribution is 2.31. The highest BCUT2D eigenvalue weighted by Gasteiger charge is 2.49. The molecule has 2 rings (SSSR count). The Hall–Kier alpha value is -1.67. The van der Waals surface area contributed by atoms with Gasteiger partial charge in [0.25, 0.3) is 5.91 Å². The Morgan fingerprint density at radius 1 is 1.39 bits per heavy atom. The molecule has 8 nitrogen and oxygen atoms in total. The van der Waals surface area contributed by atoms with Gasteiger partial charge in [0.1, 0.15) is 11.1 Å². The quantitative estimate of drug-likeness (QED) is 0.787. The summed E-state index contributed by atoms with van der Waals surface area (Å²) in [5.74, 6) is 0.172. The van der Waals surface area contributed by atoms with E-state index in [0.717, 1.165) is 13.1 Å². The second kappa shape index (κ2) is 6.84. The van der Waals surface area contributed by atoms with Gasteiger partial charge in [-0.2, -0.15) is 0 Å². The van der Waals surface area contributed by atoms with Crippen LogP contribution in [-0.2, 0) is 14.3 Å². The third-order valence-electron chi connectivity index (χ3n) is 3.78. The fourth-order valence-corrected chi connectivity index (χ4v) is 2.70. The molecule has 8 heteroatoms. The molecule has 2 aliphatic rings. The maximum Gasteiger partial charge on any atom is 0.414 e. The van der Waals surface area contributed by atoms with Crippen LogP contribution in [0.2, 0.25) is 0 Å². The molecule has 23 heavy (non-hydrogen) atoms. The van der Waals surface area contributed by atoms with Crippen molar-refractivity contribution in [3.05, 3.63) is 0 Å². The average molecular weight is 326 g/mol. The lowest BCUT2D eigenvalue weighted by Crippen LogP contribution is -2.51. The number of alkyl carbamates (subject to hydrolysis) is 1. The van der Waals surface area contributed by atoms with Gasteiger partial charge in [0.15, 0.2) is 0 Å². The molecule has 0 aromatic carbocycles. The molecule has 0 unspecified atom stereocenters. The molecule has 1 fully saturated rings. The summed E-state index contributed by atoms with van der Waals surface area (Å²) < 4.78 is 10.3. The van der Waals surface area contributed by atoms with Crippen LogP contribution in [0, 0.1) is 0 Å². The second-order valence-electron chi connectivity index (χ2n) is 6.79. The summed E-state index contributed by atoms with van der Waals surface area (Å²) >= 11 is 0. The number of carbonyl (C=O) groups excluding carboxylic acids is 2. The van der Waals surface area contributed by atoms with E-state index in [1.165, 1.54) is 4.90 Å². The van der Waals surface area contributed by atoms with Crippen LogP contribution in [0.25, 0.3) is 0 Å². The second-order valence-corrected chi connectivity index (χ2v) is 6.79. The summed E-state index contributed by atoms with van der Waals surface area (Å²) in [6.07, 6.45) is 0.626. The monoisotopic (exact) mass is 326 g/mol. The number of aliphatic imine (C=N–C) groups is 1. The van der Waals surface area contributed by atoms with Crippen molar-refractivity contribution in [3.8, 4) is 0 Å². The molecule has 0 atom stereocenters. The molecule has 2 heterocycles. The molecule has 2 aliphatic heterocycles. The van der Waals surface area contributed by atoms with Crippen molar-refractivity contribution < 1.29 is 19.1 Å². The zero-order valence-electron chi connectivity index (χ0n) is 14.3. The van der Waals surface area contributed by atoms with Gasteiger partial charge < -0.3 is 14.8 Å². The van der Waals surface area contributed by atoms with Crippen molar-refractivity contribution in [1.82, 2.24) is 15.5 Å². The van der Waals surface area contributed by atoms with Crippen molar-refractivity contribution in [2.24, 2.45) is 4.99 Å². The van der Waals surface area contributed by atoms with Crippen molar-refractivity contribution in [1.29, 1.82) is 0 Å². The number of guanidine groups is 1. The van der Waals surface area contributed by atoms with E-state index >= 15 is 0 Å². The van der Waals surface area contributed by atoms with E-state index in [2.05, 4.69) is 15.6 Å². The largest absolute Gasteiger partial charge is 0.444 e. The SMILES string of the molecule is COCCN1C(=O)C2(CCNCC2)N=C1NC(=O)OC(C)(C)C. The van der Waals surface area contributed by atoms with Gasteiger partial charge in [0, 0.05) is 7.11 Å². The van der Waals surface area contributed by atoms with Gasteiger partial charge in [0.05, 0.1) is 13.2 Å². The Morgan fingerprint density at radius 3 is 2.61 bits per heavy atom.